The first-order chi connectivity index (χ1) is 11.0. The summed E-state index contributed by atoms with van der Waals surface area (Å²) in [6.07, 6.45) is 0. The van der Waals surface area contributed by atoms with Crippen molar-refractivity contribution in [2.75, 3.05) is 19.0 Å². The molecule has 1 N–H and O–H groups in total. The van der Waals surface area contributed by atoms with E-state index in [1.165, 1.54) is 0 Å². The zero-order chi connectivity index (χ0) is 16.8. The predicted molar refractivity (Wildman–Crippen MR) is 102 cm³/mol. The average molecular weight is 369 g/mol. The van der Waals surface area contributed by atoms with Crippen LogP contribution in [0.5, 0.6) is 5.75 Å². The van der Waals surface area contributed by atoms with E-state index in [-0.39, 0.29) is 0 Å². The second-order valence-electron chi connectivity index (χ2n) is 4.96. The first-order valence-corrected chi connectivity index (χ1v) is 8.35. The Kier molecular flexibility index (Phi) is 6.51. The van der Waals surface area contributed by atoms with Crippen LogP contribution in [-0.4, -0.2) is 23.7 Å². The van der Waals surface area contributed by atoms with Crippen LogP contribution in [0.25, 0.3) is 0 Å². The lowest BCUT2D eigenvalue weighted by molar-refractivity contribution is 0.340. The lowest BCUT2D eigenvalue weighted by Crippen LogP contribution is -2.30. The number of nitrogens with zero attached hydrogens (tertiary/aromatic N) is 1. The van der Waals surface area contributed by atoms with E-state index in [2.05, 4.69) is 5.32 Å². The topological polar surface area (TPSA) is 24.5 Å². The second-order valence-corrected chi connectivity index (χ2v) is 6.13. The molecule has 3 nitrogen and oxygen atoms in total. The maximum atomic E-state index is 6.21. The molecule has 6 heteroatoms. The van der Waals surface area contributed by atoms with Crippen molar-refractivity contribution in [3.63, 3.8) is 0 Å². The van der Waals surface area contributed by atoms with Crippen LogP contribution in [0.3, 0.4) is 0 Å². The quantitative estimate of drug-likeness (QED) is 0.731. The van der Waals surface area contributed by atoms with Gasteiger partial charge in [-0.1, -0.05) is 35.3 Å². The first-order valence-electron chi connectivity index (χ1n) is 7.19. The van der Waals surface area contributed by atoms with Gasteiger partial charge >= 0.3 is 0 Å². The number of ether oxygens (including phenoxy) is 1. The molecular formula is C17H18Cl2N2OS. The molecule has 0 spiro atoms. The van der Waals surface area contributed by atoms with E-state index >= 15 is 0 Å². The van der Waals surface area contributed by atoms with E-state index in [0.29, 0.717) is 28.3 Å². The van der Waals surface area contributed by atoms with Crippen LogP contribution in [0.1, 0.15) is 12.5 Å². The summed E-state index contributed by atoms with van der Waals surface area (Å²) in [7, 11) is 1.90. The maximum Gasteiger partial charge on any atom is 0.173 e. The molecule has 2 rings (SSSR count). The van der Waals surface area contributed by atoms with Gasteiger partial charge in [0.2, 0.25) is 0 Å². The highest BCUT2D eigenvalue weighted by atomic mass is 35.5. The summed E-state index contributed by atoms with van der Waals surface area (Å²) in [5, 5.41) is 4.90. The van der Waals surface area contributed by atoms with Crippen molar-refractivity contribution in [1.29, 1.82) is 0 Å². The Bertz CT molecular complexity index is 677. The summed E-state index contributed by atoms with van der Waals surface area (Å²) >= 11 is 17.7. The molecule has 0 atom stereocenters. The van der Waals surface area contributed by atoms with Gasteiger partial charge in [-0.05, 0) is 55.0 Å². The van der Waals surface area contributed by atoms with Crippen LogP contribution < -0.4 is 10.1 Å². The van der Waals surface area contributed by atoms with Crippen LogP contribution in [0.15, 0.2) is 42.5 Å². The predicted octanol–water partition coefficient (Wildman–Crippen LogP) is 5.22. The molecule has 0 saturated carbocycles. The van der Waals surface area contributed by atoms with Gasteiger partial charge in [-0.2, -0.15) is 0 Å². The smallest absolute Gasteiger partial charge is 0.173 e. The highest BCUT2D eigenvalue weighted by Crippen LogP contribution is 2.26. The standard InChI is InChI=1S/C17H18Cl2N2OS/c1-3-22-14-9-7-13(8-10-14)20-17(23)21(2)11-12-5-4-6-15(18)16(12)19/h4-10H,3,11H2,1-2H3,(H,20,23). The van der Waals surface area contributed by atoms with Crippen molar-refractivity contribution < 1.29 is 4.74 Å². The molecule has 0 unspecified atom stereocenters. The van der Waals surface area contributed by atoms with Gasteiger partial charge in [-0.3, -0.25) is 0 Å². The molecule has 0 heterocycles. The number of hydrogen-bond donors (Lipinski definition) is 1. The Morgan fingerprint density at radius 3 is 2.52 bits per heavy atom. The zero-order valence-electron chi connectivity index (χ0n) is 13.0. The van der Waals surface area contributed by atoms with Crippen molar-refractivity contribution in [2.45, 2.75) is 13.5 Å². The van der Waals surface area contributed by atoms with Crippen molar-refractivity contribution in [1.82, 2.24) is 4.90 Å². The largest absolute Gasteiger partial charge is 0.494 e. The molecule has 122 valence electrons. The fourth-order valence-electron chi connectivity index (χ4n) is 2.02. The molecular weight excluding hydrogens is 351 g/mol. The molecule has 0 saturated heterocycles. The number of anilines is 1. The summed E-state index contributed by atoms with van der Waals surface area (Å²) < 4.78 is 5.42. The molecule has 0 aliphatic heterocycles. The van der Waals surface area contributed by atoms with Crippen LogP contribution in [-0.2, 0) is 6.54 Å². The third-order valence-electron chi connectivity index (χ3n) is 3.20. The van der Waals surface area contributed by atoms with Crippen LogP contribution in [0.4, 0.5) is 5.69 Å². The number of halogens is 2. The molecule has 23 heavy (non-hydrogen) atoms. The third-order valence-corrected chi connectivity index (χ3v) is 4.47. The number of thiocarbonyl (C=S) groups is 1. The normalized spacial score (nSPS) is 10.3. The van der Waals surface area contributed by atoms with Gasteiger partial charge in [0.1, 0.15) is 5.75 Å². The van der Waals surface area contributed by atoms with Crippen LogP contribution in [0, 0.1) is 0 Å². The first kappa shape index (κ1) is 17.9. The average Bonchev–Trinajstić information content (AvgIpc) is 2.54. The van der Waals surface area contributed by atoms with Gasteiger partial charge in [-0.15, -0.1) is 0 Å². The monoisotopic (exact) mass is 368 g/mol. The van der Waals surface area contributed by atoms with Gasteiger partial charge in [0.25, 0.3) is 0 Å². The Morgan fingerprint density at radius 1 is 1.17 bits per heavy atom. The fraction of sp³-hybridized carbons (Fsp3) is 0.235. The minimum Gasteiger partial charge on any atom is -0.494 e. The van der Waals surface area contributed by atoms with E-state index < -0.39 is 0 Å². The lowest BCUT2D eigenvalue weighted by Gasteiger charge is -2.22. The van der Waals surface area contributed by atoms with Gasteiger partial charge < -0.3 is 15.0 Å². The minimum absolute atomic E-state index is 0.544. The summed E-state index contributed by atoms with van der Waals surface area (Å²) in [5.41, 5.74) is 1.83. The van der Waals surface area contributed by atoms with E-state index in [9.17, 15) is 0 Å². The second kappa shape index (κ2) is 8.39. The van der Waals surface area contributed by atoms with E-state index in [0.717, 1.165) is 17.0 Å². The zero-order valence-corrected chi connectivity index (χ0v) is 15.3. The van der Waals surface area contributed by atoms with Gasteiger partial charge in [-0.25, -0.2) is 0 Å². The Hall–Kier alpha value is -1.49. The summed E-state index contributed by atoms with van der Waals surface area (Å²) in [6, 6.07) is 13.2. The number of hydrogen-bond acceptors (Lipinski definition) is 2. The molecule has 0 aliphatic rings. The third kappa shape index (κ3) is 4.99. The maximum absolute atomic E-state index is 6.21. The fourth-order valence-corrected chi connectivity index (χ4v) is 2.58. The molecule has 0 amide bonds. The summed E-state index contributed by atoms with van der Waals surface area (Å²) in [5.74, 6) is 0.836. The number of benzene rings is 2. The summed E-state index contributed by atoms with van der Waals surface area (Å²) in [4.78, 5) is 1.91. The van der Waals surface area contributed by atoms with Crippen molar-refractivity contribution >= 4 is 46.2 Å². The molecule has 0 aliphatic carbocycles. The molecule has 0 aromatic heterocycles. The van der Waals surface area contributed by atoms with Crippen molar-refractivity contribution in [3.05, 3.63) is 58.1 Å². The molecule has 2 aromatic carbocycles. The molecule has 0 bridgehead atoms. The van der Waals surface area contributed by atoms with Crippen molar-refractivity contribution in [2.24, 2.45) is 0 Å². The minimum atomic E-state index is 0.544. The Morgan fingerprint density at radius 2 is 1.87 bits per heavy atom. The Labute approximate surface area is 152 Å². The van der Waals surface area contributed by atoms with E-state index in [4.69, 9.17) is 40.2 Å². The lowest BCUT2D eigenvalue weighted by atomic mass is 10.2. The van der Waals surface area contributed by atoms with Gasteiger partial charge in [0.05, 0.1) is 16.7 Å². The van der Waals surface area contributed by atoms with E-state index in [1.807, 2.05) is 55.3 Å². The van der Waals surface area contributed by atoms with Gasteiger partial charge in [0, 0.05) is 19.3 Å². The van der Waals surface area contributed by atoms with Crippen LogP contribution >= 0.6 is 35.4 Å². The molecule has 2 aromatic rings. The van der Waals surface area contributed by atoms with Crippen LogP contribution in [0.2, 0.25) is 10.0 Å². The summed E-state index contributed by atoms with van der Waals surface area (Å²) in [6.45, 7) is 3.17. The highest BCUT2D eigenvalue weighted by molar-refractivity contribution is 7.80. The van der Waals surface area contributed by atoms with Crippen molar-refractivity contribution in [3.8, 4) is 5.75 Å². The Balaban J connectivity index is 1.98. The highest BCUT2D eigenvalue weighted by Gasteiger charge is 2.10. The van der Waals surface area contributed by atoms with Gasteiger partial charge in [0.15, 0.2) is 5.11 Å². The molecule has 0 radical (unpaired) electrons. The SMILES string of the molecule is CCOc1ccc(NC(=S)N(C)Cc2cccc(Cl)c2Cl)cc1. The number of rotatable bonds is 5. The van der Waals surface area contributed by atoms with E-state index in [1.54, 1.807) is 6.07 Å². The number of nitrogens with one attached hydrogen (secondary N) is 1. The molecule has 0 fully saturated rings.